The quantitative estimate of drug-likeness (QED) is 0.936. The van der Waals surface area contributed by atoms with Crippen molar-refractivity contribution in [2.45, 2.75) is 18.7 Å². The molecule has 0 aliphatic carbocycles. The maximum atomic E-state index is 12.5. The van der Waals surface area contributed by atoms with Gasteiger partial charge in [-0.1, -0.05) is 12.1 Å². The fourth-order valence-electron chi connectivity index (χ4n) is 2.07. The normalized spacial score (nSPS) is 11.1. The molecule has 0 aliphatic heterocycles. The Kier molecular flexibility index (Phi) is 4.75. The Morgan fingerprint density at radius 3 is 2.30 bits per heavy atom. The molecule has 0 saturated heterocycles. The summed E-state index contributed by atoms with van der Waals surface area (Å²) in [5.41, 5.74) is 2.92. The SMILES string of the molecule is Cc1ccc(NS(=O)(=O)c2cccc(C(=O)N(C)C)c2)cc1C. The highest BCUT2D eigenvalue weighted by Gasteiger charge is 2.17. The topological polar surface area (TPSA) is 66.5 Å². The number of aryl methyl sites for hydroxylation is 2. The molecule has 0 saturated carbocycles. The molecule has 0 heterocycles. The summed E-state index contributed by atoms with van der Waals surface area (Å²) < 4.78 is 27.6. The van der Waals surface area contributed by atoms with Crippen LogP contribution in [0, 0.1) is 13.8 Å². The van der Waals surface area contributed by atoms with Gasteiger partial charge in [0.05, 0.1) is 4.90 Å². The third-order valence-corrected chi connectivity index (χ3v) is 4.94. The van der Waals surface area contributed by atoms with Crippen LogP contribution in [0.25, 0.3) is 0 Å². The lowest BCUT2D eigenvalue weighted by Gasteiger charge is -2.13. The van der Waals surface area contributed by atoms with Crippen molar-refractivity contribution in [3.63, 3.8) is 0 Å². The van der Waals surface area contributed by atoms with Crippen molar-refractivity contribution in [3.8, 4) is 0 Å². The summed E-state index contributed by atoms with van der Waals surface area (Å²) in [5.74, 6) is -0.242. The highest BCUT2D eigenvalue weighted by Crippen LogP contribution is 2.20. The molecule has 2 aromatic rings. The van der Waals surface area contributed by atoms with Crippen LogP contribution in [0.15, 0.2) is 47.4 Å². The molecule has 23 heavy (non-hydrogen) atoms. The summed E-state index contributed by atoms with van der Waals surface area (Å²) in [5, 5.41) is 0. The van der Waals surface area contributed by atoms with Crippen molar-refractivity contribution in [2.75, 3.05) is 18.8 Å². The average Bonchev–Trinajstić information content (AvgIpc) is 2.50. The molecule has 0 fully saturated rings. The van der Waals surface area contributed by atoms with E-state index >= 15 is 0 Å². The van der Waals surface area contributed by atoms with Crippen LogP contribution in [-0.2, 0) is 10.0 Å². The van der Waals surface area contributed by atoms with Gasteiger partial charge in [0.2, 0.25) is 0 Å². The molecule has 6 heteroatoms. The highest BCUT2D eigenvalue weighted by atomic mass is 32.2. The van der Waals surface area contributed by atoms with Gasteiger partial charge in [-0.25, -0.2) is 8.42 Å². The zero-order chi connectivity index (χ0) is 17.2. The van der Waals surface area contributed by atoms with E-state index in [0.29, 0.717) is 11.3 Å². The van der Waals surface area contributed by atoms with Crippen LogP contribution in [0.2, 0.25) is 0 Å². The second kappa shape index (κ2) is 6.42. The molecule has 0 aromatic heterocycles. The number of hydrogen-bond acceptors (Lipinski definition) is 3. The monoisotopic (exact) mass is 332 g/mol. The molecule has 122 valence electrons. The lowest BCUT2D eigenvalue weighted by Crippen LogP contribution is -2.22. The molecule has 1 amide bonds. The summed E-state index contributed by atoms with van der Waals surface area (Å²) in [6.45, 7) is 3.88. The second-order valence-electron chi connectivity index (χ2n) is 5.63. The number of rotatable bonds is 4. The van der Waals surface area contributed by atoms with Gasteiger partial charge in [0.15, 0.2) is 0 Å². The molecular weight excluding hydrogens is 312 g/mol. The third-order valence-electron chi connectivity index (χ3n) is 3.56. The van der Waals surface area contributed by atoms with Crippen molar-refractivity contribution >= 4 is 21.6 Å². The Balaban J connectivity index is 2.34. The van der Waals surface area contributed by atoms with Crippen LogP contribution < -0.4 is 4.72 Å². The predicted molar refractivity (Wildman–Crippen MR) is 91.2 cm³/mol. The van der Waals surface area contributed by atoms with Gasteiger partial charge in [-0.05, 0) is 55.3 Å². The van der Waals surface area contributed by atoms with Crippen LogP contribution >= 0.6 is 0 Å². The minimum absolute atomic E-state index is 0.0587. The lowest BCUT2D eigenvalue weighted by molar-refractivity contribution is 0.0827. The Morgan fingerprint density at radius 1 is 1.00 bits per heavy atom. The van der Waals surface area contributed by atoms with Gasteiger partial charge in [-0.2, -0.15) is 0 Å². The van der Waals surface area contributed by atoms with Crippen LogP contribution in [0.5, 0.6) is 0 Å². The van der Waals surface area contributed by atoms with Crippen LogP contribution in [0.3, 0.4) is 0 Å². The van der Waals surface area contributed by atoms with E-state index in [1.54, 1.807) is 38.4 Å². The summed E-state index contributed by atoms with van der Waals surface area (Å²) in [4.78, 5) is 13.4. The van der Waals surface area contributed by atoms with E-state index in [2.05, 4.69) is 4.72 Å². The van der Waals surface area contributed by atoms with E-state index in [9.17, 15) is 13.2 Å². The molecule has 0 atom stereocenters. The van der Waals surface area contributed by atoms with Crippen molar-refractivity contribution in [3.05, 3.63) is 59.2 Å². The number of hydrogen-bond donors (Lipinski definition) is 1. The van der Waals surface area contributed by atoms with Crippen molar-refractivity contribution < 1.29 is 13.2 Å². The molecule has 0 radical (unpaired) electrons. The Labute approximate surface area is 137 Å². The molecule has 2 rings (SSSR count). The van der Waals surface area contributed by atoms with Crippen molar-refractivity contribution in [2.24, 2.45) is 0 Å². The maximum Gasteiger partial charge on any atom is 0.261 e. The predicted octanol–water partition coefficient (Wildman–Crippen LogP) is 2.81. The van der Waals surface area contributed by atoms with Crippen LogP contribution in [0.4, 0.5) is 5.69 Å². The number of anilines is 1. The van der Waals surface area contributed by atoms with E-state index in [-0.39, 0.29) is 10.8 Å². The molecule has 5 nitrogen and oxygen atoms in total. The molecular formula is C17H20N2O3S. The zero-order valence-electron chi connectivity index (χ0n) is 13.6. The van der Waals surface area contributed by atoms with Gasteiger partial charge in [-0.15, -0.1) is 0 Å². The number of nitrogens with one attached hydrogen (secondary N) is 1. The molecule has 0 bridgehead atoms. The van der Waals surface area contributed by atoms with Gasteiger partial charge < -0.3 is 4.90 Å². The molecule has 1 N–H and O–H groups in total. The summed E-state index contributed by atoms with van der Waals surface area (Å²) in [6, 6.07) is 11.4. The van der Waals surface area contributed by atoms with Gasteiger partial charge >= 0.3 is 0 Å². The van der Waals surface area contributed by atoms with E-state index < -0.39 is 10.0 Å². The lowest BCUT2D eigenvalue weighted by atomic mass is 10.1. The third kappa shape index (κ3) is 3.90. The Bertz CT molecular complexity index is 843. The standard InChI is InChI=1S/C17H20N2O3S/c1-12-8-9-15(10-13(12)2)18-23(21,22)16-7-5-6-14(11-16)17(20)19(3)4/h5-11,18H,1-4H3. The van der Waals surface area contributed by atoms with E-state index in [1.165, 1.54) is 17.0 Å². The number of sulfonamides is 1. The van der Waals surface area contributed by atoms with Gasteiger partial charge in [0.1, 0.15) is 0 Å². The first-order valence-corrected chi connectivity index (χ1v) is 8.61. The Hall–Kier alpha value is -2.34. The highest BCUT2D eigenvalue weighted by molar-refractivity contribution is 7.92. The van der Waals surface area contributed by atoms with Crippen molar-refractivity contribution in [1.82, 2.24) is 4.90 Å². The fraction of sp³-hybridized carbons (Fsp3) is 0.235. The van der Waals surface area contributed by atoms with Crippen molar-refractivity contribution in [1.29, 1.82) is 0 Å². The number of nitrogens with zero attached hydrogens (tertiary/aromatic N) is 1. The number of amides is 1. The Morgan fingerprint density at radius 2 is 1.70 bits per heavy atom. The molecule has 2 aromatic carbocycles. The fourth-order valence-corrected chi connectivity index (χ4v) is 3.17. The first kappa shape index (κ1) is 17.0. The van der Waals surface area contributed by atoms with E-state index in [1.807, 2.05) is 19.9 Å². The van der Waals surface area contributed by atoms with Gasteiger partial charge in [0.25, 0.3) is 15.9 Å². The number of benzene rings is 2. The minimum atomic E-state index is -3.75. The second-order valence-corrected chi connectivity index (χ2v) is 7.31. The minimum Gasteiger partial charge on any atom is -0.345 e. The van der Waals surface area contributed by atoms with Crippen LogP contribution in [-0.4, -0.2) is 33.3 Å². The number of carbonyl (C=O) groups is 1. The number of carbonyl (C=O) groups excluding carboxylic acids is 1. The van der Waals surface area contributed by atoms with Gasteiger partial charge in [-0.3, -0.25) is 9.52 Å². The maximum absolute atomic E-state index is 12.5. The summed E-state index contributed by atoms with van der Waals surface area (Å²) >= 11 is 0. The van der Waals surface area contributed by atoms with E-state index in [0.717, 1.165) is 11.1 Å². The summed E-state index contributed by atoms with van der Waals surface area (Å²) in [6.07, 6.45) is 0. The van der Waals surface area contributed by atoms with Gasteiger partial charge in [0, 0.05) is 25.3 Å². The molecule has 0 spiro atoms. The first-order chi connectivity index (χ1) is 10.7. The first-order valence-electron chi connectivity index (χ1n) is 7.12. The zero-order valence-corrected chi connectivity index (χ0v) is 14.4. The molecule has 0 unspecified atom stereocenters. The smallest absolute Gasteiger partial charge is 0.261 e. The van der Waals surface area contributed by atoms with E-state index in [4.69, 9.17) is 0 Å². The van der Waals surface area contributed by atoms with Crippen LogP contribution in [0.1, 0.15) is 21.5 Å². The average molecular weight is 332 g/mol. The largest absolute Gasteiger partial charge is 0.345 e. The molecule has 0 aliphatic rings. The summed E-state index contributed by atoms with van der Waals surface area (Å²) in [7, 11) is -0.502.